The molecule has 1 aromatic heterocycles. The Morgan fingerprint density at radius 3 is 2.59 bits per heavy atom. The number of anilines is 1. The van der Waals surface area contributed by atoms with Crippen LogP contribution in [-0.4, -0.2) is 10.9 Å². The molecule has 0 saturated carbocycles. The van der Waals surface area contributed by atoms with E-state index in [0.717, 1.165) is 16.8 Å². The molecule has 0 aliphatic rings. The number of amides is 1. The van der Waals surface area contributed by atoms with E-state index in [-0.39, 0.29) is 5.91 Å². The Labute approximate surface area is 101 Å². The minimum atomic E-state index is -0.00880. The van der Waals surface area contributed by atoms with Gasteiger partial charge in [0.2, 0.25) is 5.91 Å². The lowest BCUT2D eigenvalue weighted by molar-refractivity contribution is -0.115. The molecule has 2 rings (SSSR count). The van der Waals surface area contributed by atoms with Crippen molar-refractivity contribution >= 4 is 11.6 Å². The highest BCUT2D eigenvalue weighted by Gasteiger charge is 2.04. The van der Waals surface area contributed by atoms with E-state index >= 15 is 0 Å². The van der Waals surface area contributed by atoms with Crippen LogP contribution in [0.4, 0.5) is 5.69 Å². The third kappa shape index (κ3) is 3.14. The van der Waals surface area contributed by atoms with Crippen LogP contribution >= 0.6 is 0 Å². The number of hydrogen-bond acceptors (Lipinski definition) is 2. The molecular formula is C14H14N2O. The van der Waals surface area contributed by atoms with E-state index in [9.17, 15) is 4.79 Å². The number of aryl methyl sites for hydroxylation is 1. The van der Waals surface area contributed by atoms with Crippen LogP contribution in [0.1, 0.15) is 11.1 Å². The summed E-state index contributed by atoms with van der Waals surface area (Å²) in [6.45, 7) is 1.97. The highest BCUT2D eigenvalue weighted by Crippen LogP contribution is 2.13. The zero-order chi connectivity index (χ0) is 12.1. The number of carbonyl (C=O) groups is 1. The second kappa shape index (κ2) is 5.25. The van der Waals surface area contributed by atoms with Gasteiger partial charge in [0, 0.05) is 18.1 Å². The van der Waals surface area contributed by atoms with Crippen molar-refractivity contribution in [2.45, 2.75) is 13.3 Å². The SMILES string of the molecule is Cc1ccccc1NC(=O)Cc1ccncc1. The molecule has 2 aromatic rings. The molecule has 0 bridgehead atoms. The zero-order valence-electron chi connectivity index (χ0n) is 9.68. The van der Waals surface area contributed by atoms with Crippen LogP contribution in [0.25, 0.3) is 0 Å². The molecule has 0 radical (unpaired) electrons. The highest BCUT2D eigenvalue weighted by atomic mass is 16.1. The Morgan fingerprint density at radius 1 is 1.18 bits per heavy atom. The monoisotopic (exact) mass is 226 g/mol. The second-order valence-corrected chi connectivity index (χ2v) is 3.90. The summed E-state index contributed by atoms with van der Waals surface area (Å²) in [6.07, 6.45) is 3.75. The lowest BCUT2D eigenvalue weighted by Crippen LogP contribution is -2.15. The van der Waals surface area contributed by atoms with Crippen molar-refractivity contribution in [1.82, 2.24) is 4.98 Å². The van der Waals surface area contributed by atoms with Gasteiger partial charge in [-0.2, -0.15) is 0 Å². The summed E-state index contributed by atoms with van der Waals surface area (Å²) < 4.78 is 0. The summed E-state index contributed by atoms with van der Waals surface area (Å²) in [7, 11) is 0. The third-order valence-corrected chi connectivity index (χ3v) is 2.53. The predicted molar refractivity (Wildman–Crippen MR) is 67.7 cm³/mol. The van der Waals surface area contributed by atoms with E-state index < -0.39 is 0 Å². The Bertz CT molecular complexity index is 509. The molecule has 0 aliphatic heterocycles. The van der Waals surface area contributed by atoms with E-state index in [1.807, 2.05) is 43.3 Å². The molecule has 0 atom stereocenters. The number of aromatic nitrogens is 1. The molecule has 0 aliphatic carbocycles. The minimum Gasteiger partial charge on any atom is -0.326 e. The number of nitrogens with zero attached hydrogens (tertiary/aromatic N) is 1. The van der Waals surface area contributed by atoms with Gasteiger partial charge in [0.1, 0.15) is 0 Å². The molecule has 1 N–H and O–H groups in total. The Hall–Kier alpha value is -2.16. The zero-order valence-corrected chi connectivity index (χ0v) is 9.68. The second-order valence-electron chi connectivity index (χ2n) is 3.90. The van der Waals surface area contributed by atoms with E-state index in [1.165, 1.54) is 0 Å². The molecule has 1 aromatic carbocycles. The Morgan fingerprint density at radius 2 is 1.88 bits per heavy atom. The van der Waals surface area contributed by atoms with E-state index in [4.69, 9.17) is 0 Å². The average Bonchev–Trinajstić information content (AvgIpc) is 2.33. The van der Waals surface area contributed by atoms with Crippen LogP contribution < -0.4 is 5.32 Å². The lowest BCUT2D eigenvalue weighted by Gasteiger charge is -2.07. The fourth-order valence-corrected chi connectivity index (χ4v) is 1.59. The van der Waals surface area contributed by atoms with Gasteiger partial charge in [-0.05, 0) is 36.2 Å². The molecule has 0 fully saturated rings. The van der Waals surface area contributed by atoms with Crippen LogP contribution in [-0.2, 0) is 11.2 Å². The number of carbonyl (C=O) groups excluding carboxylic acids is 1. The maximum Gasteiger partial charge on any atom is 0.228 e. The fraction of sp³-hybridized carbons (Fsp3) is 0.143. The number of rotatable bonds is 3. The topological polar surface area (TPSA) is 42.0 Å². The molecule has 3 heteroatoms. The first-order valence-corrected chi connectivity index (χ1v) is 5.50. The Kier molecular flexibility index (Phi) is 3.50. The maximum absolute atomic E-state index is 11.8. The van der Waals surface area contributed by atoms with E-state index in [1.54, 1.807) is 12.4 Å². The van der Waals surface area contributed by atoms with Gasteiger partial charge in [0.15, 0.2) is 0 Å². The molecular weight excluding hydrogens is 212 g/mol. The number of nitrogens with one attached hydrogen (secondary N) is 1. The van der Waals surface area contributed by atoms with Crippen molar-refractivity contribution in [2.75, 3.05) is 5.32 Å². The first-order chi connectivity index (χ1) is 8.25. The van der Waals surface area contributed by atoms with Crippen molar-refractivity contribution in [3.8, 4) is 0 Å². The minimum absolute atomic E-state index is 0.00880. The molecule has 1 heterocycles. The highest BCUT2D eigenvalue weighted by molar-refractivity contribution is 5.92. The van der Waals surface area contributed by atoms with Crippen LogP contribution in [0.15, 0.2) is 48.8 Å². The van der Waals surface area contributed by atoms with E-state index in [0.29, 0.717) is 6.42 Å². The summed E-state index contributed by atoms with van der Waals surface area (Å²) >= 11 is 0. The molecule has 3 nitrogen and oxygen atoms in total. The van der Waals surface area contributed by atoms with Gasteiger partial charge < -0.3 is 5.32 Å². The van der Waals surface area contributed by atoms with Crippen LogP contribution in [0.3, 0.4) is 0 Å². The molecule has 86 valence electrons. The molecule has 1 amide bonds. The van der Waals surface area contributed by atoms with Gasteiger partial charge in [-0.3, -0.25) is 9.78 Å². The van der Waals surface area contributed by atoms with Gasteiger partial charge in [0.05, 0.1) is 6.42 Å². The van der Waals surface area contributed by atoms with Crippen molar-refractivity contribution in [1.29, 1.82) is 0 Å². The first-order valence-electron chi connectivity index (χ1n) is 5.50. The first kappa shape index (κ1) is 11.3. The molecule has 0 unspecified atom stereocenters. The average molecular weight is 226 g/mol. The van der Waals surface area contributed by atoms with Crippen molar-refractivity contribution in [2.24, 2.45) is 0 Å². The normalized spacial score (nSPS) is 9.94. The van der Waals surface area contributed by atoms with Crippen LogP contribution in [0.5, 0.6) is 0 Å². The number of para-hydroxylation sites is 1. The van der Waals surface area contributed by atoms with Gasteiger partial charge in [0.25, 0.3) is 0 Å². The predicted octanol–water partition coefficient (Wildman–Crippen LogP) is 2.57. The van der Waals surface area contributed by atoms with Gasteiger partial charge >= 0.3 is 0 Å². The quantitative estimate of drug-likeness (QED) is 0.874. The smallest absolute Gasteiger partial charge is 0.228 e. The summed E-state index contributed by atoms with van der Waals surface area (Å²) in [5.74, 6) is -0.00880. The standard InChI is InChI=1S/C14H14N2O/c1-11-4-2-3-5-13(11)16-14(17)10-12-6-8-15-9-7-12/h2-9H,10H2,1H3,(H,16,17). The molecule has 0 spiro atoms. The fourth-order valence-electron chi connectivity index (χ4n) is 1.59. The lowest BCUT2D eigenvalue weighted by atomic mass is 10.1. The van der Waals surface area contributed by atoms with Crippen molar-refractivity contribution in [3.63, 3.8) is 0 Å². The number of benzene rings is 1. The number of hydrogen-bond donors (Lipinski definition) is 1. The van der Waals surface area contributed by atoms with E-state index in [2.05, 4.69) is 10.3 Å². The van der Waals surface area contributed by atoms with Crippen molar-refractivity contribution in [3.05, 3.63) is 59.9 Å². The van der Waals surface area contributed by atoms with Crippen molar-refractivity contribution < 1.29 is 4.79 Å². The molecule has 0 saturated heterocycles. The van der Waals surface area contributed by atoms with Crippen LogP contribution in [0, 0.1) is 6.92 Å². The van der Waals surface area contributed by atoms with Crippen LogP contribution in [0.2, 0.25) is 0 Å². The summed E-state index contributed by atoms with van der Waals surface area (Å²) in [4.78, 5) is 15.7. The maximum atomic E-state index is 11.8. The summed E-state index contributed by atoms with van der Waals surface area (Å²) in [5, 5.41) is 2.90. The molecule has 17 heavy (non-hydrogen) atoms. The third-order valence-electron chi connectivity index (χ3n) is 2.53. The van der Waals surface area contributed by atoms with Gasteiger partial charge in [-0.25, -0.2) is 0 Å². The van der Waals surface area contributed by atoms with Gasteiger partial charge in [-0.15, -0.1) is 0 Å². The summed E-state index contributed by atoms with van der Waals surface area (Å²) in [5.41, 5.74) is 2.90. The largest absolute Gasteiger partial charge is 0.326 e. The van der Waals surface area contributed by atoms with Gasteiger partial charge in [-0.1, -0.05) is 18.2 Å². The Balaban J connectivity index is 2.01. The number of pyridine rings is 1. The summed E-state index contributed by atoms with van der Waals surface area (Å²) in [6, 6.07) is 11.4.